The molecule has 18 heavy (non-hydrogen) atoms. The monoisotopic (exact) mass is 252 g/mol. The van der Waals surface area contributed by atoms with Crippen LogP contribution >= 0.6 is 0 Å². The molecule has 4 nitrogen and oxygen atoms in total. The highest BCUT2D eigenvalue weighted by atomic mass is 16.3. The molecule has 2 saturated heterocycles. The van der Waals surface area contributed by atoms with Crippen LogP contribution in [0.3, 0.4) is 0 Å². The zero-order valence-corrected chi connectivity index (χ0v) is 11.2. The van der Waals surface area contributed by atoms with E-state index >= 15 is 0 Å². The Hall–Kier alpha value is -0.610. The number of hydrogen-bond acceptors (Lipinski definition) is 3. The molecule has 2 aliphatic heterocycles. The van der Waals surface area contributed by atoms with E-state index in [0.29, 0.717) is 18.6 Å². The normalized spacial score (nSPS) is 37.1. The third kappa shape index (κ3) is 2.16. The second-order valence-corrected chi connectivity index (χ2v) is 6.52. The fourth-order valence-corrected chi connectivity index (χ4v) is 4.09. The molecule has 102 valence electrons. The average molecular weight is 252 g/mol. The minimum atomic E-state index is -0.616. The lowest BCUT2D eigenvalue weighted by Crippen LogP contribution is -2.46. The highest BCUT2D eigenvalue weighted by Gasteiger charge is 2.44. The highest BCUT2D eigenvalue weighted by molar-refractivity contribution is 5.80. The first-order valence-corrected chi connectivity index (χ1v) is 7.31. The van der Waals surface area contributed by atoms with Gasteiger partial charge < -0.3 is 15.3 Å². The number of likely N-dealkylation sites (N-methyl/N-ethyl adjacent to an activating group) is 1. The summed E-state index contributed by atoms with van der Waals surface area (Å²) in [5, 5.41) is 13.9. The van der Waals surface area contributed by atoms with Gasteiger partial charge in [0, 0.05) is 25.7 Å². The first kappa shape index (κ1) is 12.4. The summed E-state index contributed by atoms with van der Waals surface area (Å²) in [6.45, 7) is 0.514. The third-order valence-corrected chi connectivity index (χ3v) is 5.06. The summed E-state index contributed by atoms with van der Waals surface area (Å²) in [6.07, 6.45) is 7.23. The molecule has 4 heteroatoms. The van der Waals surface area contributed by atoms with Crippen molar-refractivity contribution >= 4 is 5.91 Å². The summed E-state index contributed by atoms with van der Waals surface area (Å²) < 4.78 is 0. The number of carbonyl (C=O) groups is 1. The number of carbonyl (C=O) groups excluding carboxylic acids is 1. The lowest BCUT2D eigenvalue weighted by Gasteiger charge is -2.31. The summed E-state index contributed by atoms with van der Waals surface area (Å²) in [7, 11) is 1.85. The number of hydrogen-bond donors (Lipinski definition) is 2. The smallest absolute Gasteiger partial charge is 0.227 e. The van der Waals surface area contributed by atoms with Crippen LogP contribution < -0.4 is 5.32 Å². The molecule has 1 aliphatic carbocycles. The van der Waals surface area contributed by atoms with E-state index < -0.39 is 5.60 Å². The van der Waals surface area contributed by atoms with Crippen LogP contribution in [0.2, 0.25) is 0 Å². The van der Waals surface area contributed by atoms with Crippen LogP contribution in [0.4, 0.5) is 0 Å². The third-order valence-electron chi connectivity index (χ3n) is 5.06. The van der Waals surface area contributed by atoms with Crippen molar-refractivity contribution in [3.05, 3.63) is 0 Å². The fourth-order valence-electron chi connectivity index (χ4n) is 4.09. The molecule has 1 amide bonds. The van der Waals surface area contributed by atoms with Gasteiger partial charge in [0.1, 0.15) is 0 Å². The van der Waals surface area contributed by atoms with Gasteiger partial charge in [-0.05, 0) is 32.1 Å². The zero-order chi connectivity index (χ0) is 12.8. The number of nitrogens with zero attached hydrogens (tertiary/aromatic N) is 1. The highest BCUT2D eigenvalue weighted by Crippen LogP contribution is 2.35. The van der Waals surface area contributed by atoms with Gasteiger partial charge in [-0.3, -0.25) is 4.79 Å². The molecule has 3 rings (SSSR count). The molecule has 0 spiro atoms. The van der Waals surface area contributed by atoms with Gasteiger partial charge in [-0.2, -0.15) is 0 Å². The van der Waals surface area contributed by atoms with Gasteiger partial charge in [0.15, 0.2) is 0 Å². The maximum Gasteiger partial charge on any atom is 0.227 e. The summed E-state index contributed by atoms with van der Waals surface area (Å²) in [4.78, 5) is 14.2. The van der Waals surface area contributed by atoms with E-state index in [1.54, 1.807) is 4.90 Å². The van der Waals surface area contributed by atoms with Crippen LogP contribution in [0.1, 0.15) is 44.9 Å². The minimum Gasteiger partial charge on any atom is -0.388 e. The molecule has 0 aromatic rings. The van der Waals surface area contributed by atoms with E-state index in [0.717, 1.165) is 38.5 Å². The van der Waals surface area contributed by atoms with Gasteiger partial charge in [0.25, 0.3) is 0 Å². The van der Waals surface area contributed by atoms with E-state index in [9.17, 15) is 9.90 Å². The molecule has 2 N–H and O–H groups in total. The van der Waals surface area contributed by atoms with Crippen LogP contribution in [0, 0.1) is 5.92 Å². The number of amides is 1. The van der Waals surface area contributed by atoms with E-state index in [1.165, 1.54) is 6.42 Å². The SMILES string of the molecule is CN(CC1(O)CCCC1)C(=O)C1CC2CCC1N2. The maximum atomic E-state index is 12.4. The topological polar surface area (TPSA) is 52.6 Å². The molecule has 3 fully saturated rings. The Labute approximate surface area is 109 Å². The number of rotatable bonds is 3. The molecular weight excluding hydrogens is 228 g/mol. The standard InChI is InChI=1S/C14H24N2O2/c1-16(9-14(18)6-2-3-7-14)13(17)11-8-10-4-5-12(11)15-10/h10-12,15,18H,2-9H2,1H3. The van der Waals surface area contributed by atoms with E-state index in [4.69, 9.17) is 0 Å². The Morgan fingerprint density at radius 1 is 1.39 bits per heavy atom. The fraction of sp³-hybridized carbons (Fsp3) is 0.929. The van der Waals surface area contributed by atoms with Gasteiger partial charge in [0.05, 0.1) is 11.5 Å². The zero-order valence-electron chi connectivity index (χ0n) is 11.2. The van der Waals surface area contributed by atoms with Gasteiger partial charge >= 0.3 is 0 Å². The summed E-state index contributed by atoms with van der Waals surface area (Å²) in [5.74, 6) is 0.383. The Kier molecular flexibility index (Phi) is 3.10. The van der Waals surface area contributed by atoms with Gasteiger partial charge in [0.2, 0.25) is 5.91 Å². The number of nitrogens with one attached hydrogen (secondary N) is 1. The molecule has 2 bridgehead atoms. The molecule has 1 saturated carbocycles. The number of aliphatic hydroxyl groups is 1. The summed E-state index contributed by atoms with van der Waals surface area (Å²) in [6, 6.07) is 0.954. The van der Waals surface area contributed by atoms with Crippen LogP contribution in [0.15, 0.2) is 0 Å². The Morgan fingerprint density at radius 2 is 2.11 bits per heavy atom. The van der Waals surface area contributed by atoms with Crippen molar-refractivity contribution in [3.63, 3.8) is 0 Å². The van der Waals surface area contributed by atoms with E-state index in [-0.39, 0.29) is 11.8 Å². The molecule has 0 radical (unpaired) electrons. The second kappa shape index (κ2) is 4.49. The molecule has 3 atom stereocenters. The predicted octanol–water partition coefficient (Wildman–Crippen LogP) is 0.890. The molecule has 0 aromatic carbocycles. The van der Waals surface area contributed by atoms with Crippen molar-refractivity contribution in [2.24, 2.45) is 5.92 Å². The first-order chi connectivity index (χ1) is 8.57. The second-order valence-electron chi connectivity index (χ2n) is 6.52. The van der Waals surface area contributed by atoms with E-state index in [1.807, 2.05) is 7.05 Å². The Balaban J connectivity index is 1.59. The van der Waals surface area contributed by atoms with Crippen molar-refractivity contribution < 1.29 is 9.90 Å². The van der Waals surface area contributed by atoms with Crippen molar-refractivity contribution in [2.45, 2.75) is 62.6 Å². The molecule has 3 aliphatic rings. The average Bonchev–Trinajstić information content (AvgIpc) is 3.03. The van der Waals surface area contributed by atoms with Crippen LogP contribution in [0.5, 0.6) is 0 Å². The van der Waals surface area contributed by atoms with Crippen LogP contribution in [-0.4, -0.2) is 47.2 Å². The molecule has 2 heterocycles. The van der Waals surface area contributed by atoms with Crippen LogP contribution in [-0.2, 0) is 4.79 Å². The first-order valence-electron chi connectivity index (χ1n) is 7.31. The molecular formula is C14H24N2O2. The van der Waals surface area contributed by atoms with Gasteiger partial charge in [-0.1, -0.05) is 12.8 Å². The number of fused-ring (bicyclic) bond motifs is 2. The lowest BCUT2D eigenvalue weighted by atomic mass is 9.88. The quantitative estimate of drug-likeness (QED) is 0.784. The minimum absolute atomic E-state index is 0.152. The largest absolute Gasteiger partial charge is 0.388 e. The van der Waals surface area contributed by atoms with Gasteiger partial charge in [-0.25, -0.2) is 0 Å². The lowest BCUT2D eigenvalue weighted by molar-refractivity contribution is -0.138. The molecule has 3 unspecified atom stereocenters. The van der Waals surface area contributed by atoms with Crippen molar-refractivity contribution in [1.29, 1.82) is 0 Å². The van der Waals surface area contributed by atoms with E-state index in [2.05, 4.69) is 5.32 Å². The summed E-state index contributed by atoms with van der Waals surface area (Å²) >= 11 is 0. The van der Waals surface area contributed by atoms with Crippen molar-refractivity contribution in [1.82, 2.24) is 10.2 Å². The van der Waals surface area contributed by atoms with Crippen molar-refractivity contribution in [3.8, 4) is 0 Å². The van der Waals surface area contributed by atoms with Crippen LogP contribution in [0.25, 0.3) is 0 Å². The maximum absolute atomic E-state index is 12.4. The predicted molar refractivity (Wildman–Crippen MR) is 69.1 cm³/mol. The molecule has 0 aromatic heterocycles. The van der Waals surface area contributed by atoms with Gasteiger partial charge in [-0.15, -0.1) is 0 Å². The summed E-state index contributed by atoms with van der Waals surface area (Å²) in [5.41, 5.74) is -0.616. The Bertz CT molecular complexity index is 339. The Morgan fingerprint density at radius 3 is 2.67 bits per heavy atom. The van der Waals surface area contributed by atoms with Crippen molar-refractivity contribution in [2.75, 3.05) is 13.6 Å².